The molecule has 0 atom stereocenters. The van der Waals surface area contributed by atoms with Crippen molar-refractivity contribution in [2.75, 3.05) is 0 Å². The van der Waals surface area contributed by atoms with E-state index in [-0.39, 0.29) is 0 Å². The van der Waals surface area contributed by atoms with Gasteiger partial charge >= 0.3 is 0 Å². The van der Waals surface area contributed by atoms with Crippen LogP contribution in [0.1, 0.15) is 30.5 Å². The fourth-order valence-corrected chi connectivity index (χ4v) is 1.95. The molecule has 0 radical (unpaired) electrons. The smallest absolute Gasteiger partial charge is 0.0330 e. The first kappa shape index (κ1) is 11.6. The Kier molecular flexibility index (Phi) is 4.49. The highest BCUT2D eigenvalue weighted by molar-refractivity contribution is 7.96. The summed E-state index contributed by atoms with van der Waals surface area (Å²) in [6.45, 7) is 8.64. The summed E-state index contributed by atoms with van der Waals surface area (Å²) in [6, 6.07) is 7.22. The highest BCUT2D eigenvalue weighted by atomic mass is 32.2. The molecule has 0 amide bonds. The van der Waals surface area contributed by atoms with Gasteiger partial charge in [-0.1, -0.05) is 30.1 Å². The van der Waals surface area contributed by atoms with Crippen LogP contribution in [0.2, 0.25) is 0 Å². The van der Waals surface area contributed by atoms with Gasteiger partial charge in [-0.05, 0) is 44.4 Å². The van der Waals surface area contributed by atoms with Crippen LogP contribution in [0.4, 0.5) is 0 Å². The van der Waals surface area contributed by atoms with Crippen LogP contribution in [-0.2, 0) is 5.75 Å². The largest absolute Gasteiger partial charge is 0.261 e. The van der Waals surface area contributed by atoms with E-state index < -0.39 is 0 Å². The highest BCUT2D eigenvalue weighted by Gasteiger charge is 1.97. The molecule has 0 saturated carbocycles. The highest BCUT2D eigenvalue weighted by Crippen LogP contribution is 2.14. The number of benzene rings is 1. The lowest BCUT2D eigenvalue weighted by atomic mass is 10.1. The Labute approximate surface area is 91.4 Å². The Balaban J connectivity index is 2.47. The lowest BCUT2D eigenvalue weighted by Gasteiger charge is -2.08. The fourth-order valence-electron chi connectivity index (χ4n) is 1.18. The zero-order valence-electron chi connectivity index (χ0n) is 9.42. The van der Waals surface area contributed by atoms with Crippen LogP contribution < -0.4 is 4.72 Å². The Morgan fingerprint density at radius 2 is 1.93 bits per heavy atom. The van der Waals surface area contributed by atoms with E-state index in [0.29, 0.717) is 6.04 Å². The molecule has 78 valence electrons. The molecule has 0 aromatic heterocycles. The molecule has 1 rings (SSSR count). The first-order chi connectivity index (χ1) is 6.59. The molecule has 0 aliphatic heterocycles. The lowest BCUT2D eigenvalue weighted by molar-refractivity contribution is 0.770. The van der Waals surface area contributed by atoms with Crippen molar-refractivity contribution in [3.05, 3.63) is 34.9 Å². The average Bonchev–Trinajstić information content (AvgIpc) is 2.10. The van der Waals surface area contributed by atoms with E-state index in [1.807, 2.05) is 0 Å². The van der Waals surface area contributed by atoms with Gasteiger partial charge in [0.15, 0.2) is 0 Å². The maximum absolute atomic E-state index is 3.34. The Bertz CT molecular complexity index is 294. The second kappa shape index (κ2) is 5.42. The number of hydrogen-bond donors (Lipinski definition) is 1. The maximum atomic E-state index is 3.34. The minimum absolute atomic E-state index is 0.548. The van der Waals surface area contributed by atoms with E-state index in [4.69, 9.17) is 0 Å². The zero-order chi connectivity index (χ0) is 10.6. The van der Waals surface area contributed by atoms with Gasteiger partial charge in [-0.25, -0.2) is 0 Å². The van der Waals surface area contributed by atoms with Crippen LogP contribution in [0.25, 0.3) is 0 Å². The molecule has 0 heterocycles. The summed E-state index contributed by atoms with van der Waals surface area (Å²) in [7, 11) is 0. The standard InChI is InChI=1S/C12H19NS/c1-9(2)13-14-8-12-6-5-10(3)11(4)7-12/h5-7,9,13H,8H2,1-4H3. The van der Waals surface area contributed by atoms with Crippen molar-refractivity contribution in [3.8, 4) is 0 Å². The molecule has 0 spiro atoms. The molecule has 14 heavy (non-hydrogen) atoms. The monoisotopic (exact) mass is 209 g/mol. The number of hydrogen-bond acceptors (Lipinski definition) is 2. The minimum atomic E-state index is 0.548. The second-order valence-corrected chi connectivity index (χ2v) is 4.79. The van der Waals surface area contributed by atoms with Crippen molar-refractivity contribution in [1.82, 2.24) is 4.72 Å². The summed E-state index contributed by atoms with van der Waals surface area (Å²) in [5, 5.41) is 0. The van der Waals surface area contributed by atoms with Crippen molar-refractivity contribution >= 4 is 11.9 Å². The first-order valence-electron chi connectivity index (χ1n) is 5.03. The van der Waals surface area contributed by atoms with Crippen LogP contribution in [0, 0.1) is 13.8 Å². The van der Waals surface area contributed by atoms with Gasteiger partial charge in [0.1, 0.15) is 0 Å². The van der Waals surface area contributed by atoms with Crippen LogP contribution in [0.5, 0.6) is 0 Å². The summed E-state index contributed by atoms with van der Waals surface area (Å²) in [5.74, 6) is 1.04. The molecule has 2 heteroatoms. The van der Waals surface area contributed by atoms with Crippen molar-refractivity contribution < 1.29 is 0 Å². The Hall–Kier alpha value is -0.470. The number of rotatable bonds is 4. The first-order valence-corrected chi connectivity index (χ1v) is 6.01. The van der Waals surface area contributed by atoms with Gasteiger partial charge in [-0.15, -0.1) is 0 Å². The summed E-state index contributed by atoms with van der Waals surface area (Å²) in [5.41, 5.74) is 4.15. The molecule has 0 saturated heterocycles. The van der Waals surface area contributed by atoms with E-state index in [9.17, 15) is 0 Å². The molecule has 1 aromatic rings. The van der Waals surface area contributed by atoms with Gasteiger partial charge in [0.25, 0.3) is 0 Å². The molecule has 1 aromatic carbocycles. The molecule has 0 bridgehead atoms. The predicted octanol–water partition coefficient (Wildman–Crippen LogP) is 3.45. The topological polar surface area (TPSA) is 12.0 Å². The zero-order valence-corrected chi connectivity index (χ0v) is 10.2. The van der Waals surface area contributed by atoms with E-state index in [0.717, 1.165) is 5.75 Å². The summed E-state index contributed by atoms with van der Waals surface area (Å²) >= 11 is 1.78. The molecular formula is C12H19NS. The summed E-state index contributed by atoms with van der Waals surface area (Å²) in [6.07, 6.45) is 0. The third-order valence-corrected chi connectivity index (χ3v) is 3.24. The molecule has 0 unspecified atom stereocenters. The van der Waals surface area contributed by atoms with Gasteiger partial charge in [0, 0.05) is 11.8 Å². The fraction of sp³-hybridized carbons (Fsp3) is 0.500. The Morgan fingerprint density at radius 3 is 2.50 bits per heavy atom. The normalized spacial score (nSPS) is 10.9. The van der Waals surface area contributed by atoms with Crippen molar-refractivity contribution in [2.45, 2.75) is 39.5 Å². The lowest BCUT2D eigenvalue weighted by Crippen LogP contribution is -2.14. The van der Waals surface area contributed by atoms with Crippen molar-refractivity contribution in [2.24, 2.45) is 0 Å². The van der Waals surface area contributed by atoms with Gasteiger partial charge in [0.05, 0.1) is 0 Å². The minimum Gasteiger partial charge on any atom is -0.261 e. The Morgan fingerprint density at radius 1 is 1.21 bits per heavy atom. The molecule has 0 fully saturated rings. The second-order valence-electron chi connectivity index (χ2n) is 3.98. The molecule has 1 N–H and O–H groups in total. The molecule has 1 nitrogen and oxygen atoms in total. The average molecular weight is 209 g/mol. The SMILES string of the molecule is Cc1ccc(CSNC(C)C)cc1C. The van der Waals surface area contributed by atoms with Gasteiger partial charge in [-0.3, -0.25) is 4.72 Å². The predicted molar refractivity (Wildman–Crippen MR) is 65.5 cm³/mol. The third-order valence-electron chi connectivity index (χ3n) is 2.13. The van der Waals surface area contributed by atoms with Crippen molar-refractivity contribution in [1.29, 1.82) is 0 Å². The number of nitrogens with one attached hydrogen (secondary N) is 1. The van der Waals surface area contributed by atoms with Crippen LogP contribution in [0.3, 0.4) is 0 Å². The van der Waals surface area contributed by atoms with E-state index in [1.165, 1.54) is 16.7 Å². The van der Waals surface area contributed by atoms with Gasteiger partial charge in [0.2, 0.25) is 0 Å². The number of aryl methyl sites for hydroxylation is 2. The third kappa shape index (κ3) is 3.72. The summed E-state index contributed by atoms with van der Waals surface area (Å²) in [4.78, 5) is 0. The van der Waals surface area contributed by atoms with E-state index in [2.05, 4.69) is 50.6 Å². The van der Waals surface area contributed by atoms with Crippen LogP contribution in [-0.4, -0.2) is 6.04 Å². The molecular weight excluding hydrogens is 190 g/mol. The van der Waals surface area contributed by atoms with Crippen molar-refractivity contribution in [3.63, 3.8) is 0 Å². The quantitative estimate of drug-likeness (QED) is 0.762. The summed E-state index contributed by atoms with van der Waals surface area (Å²) < 4.78 is 3.34. The maximum Gasteiger partial charge on any atom is 0.0330 e. The van der Waals surface area contributed by atoms with E-state index >= 15 is 0 Å². The van der Waals surface area contributed by atoms with Gasteiger partial charge < -0.3 is 0 Å². The van der Waals surface area contributed by atoms with Crippen LogP contribution in [0.15, 0.2) is 18.2 Å². The molecule has 0 aliphatic rings. The van der Waals surface area contributed by atoms with Gasteiger partial charge in [-0.2, -0.15) is 0 Å². The van der Waals surface area contributed by atoms with Crippen LogP contribution >= 0.6 is 11.9 Å². The van der Waals surface area contributed by atoms with E-state index in [1.54, 1.807) is 11.9 Å². The molecule has 0 aliphatic carbocycles.